The van der Waals surface area contributed by atoms with Crippen LogP contribution in [0.15, 0.2) is 47.4 Å². The number of amides is 3. The van der Waals surface area contributed by atoms with Crippen molar-refractivity contribution >= 4 is 58.1 Å². The van der Waals surface area contributed by atoms with Crippen LogP contribution in [-0.4, -0.2) is 35.0 Å². The first-order valence-electron chi connectivity index (χ1n) is 7.70. The number of imide groups is 1. The Morgan fingerprint density at radius 3 is 2.77 bits per heavy atom. The van der Waals surface area contributed by atoms with Gasteiger partial charge in [-0.05, 0) is 36.4 Å². The second-order valence-corrected chi connectivity index (χ2v) is 6.93. The molecule has 136 valence electrons. The second kappa shape index (κ2) is 9.62. The van der Waals surface area contributed by atoms with E-state index < -0.39 is 11.1 Å². The summed E-state index contributed by atoms with van der Waals surface area (Å²) in [4.78, 5) is 37.4. The number of rotatable bonds is 6. The zero-order chi connectivity index (χ0) is 19.1. The minimum atomic E-state index is -0.422. The molecule has 1 aromatic carbocycles. The Hall–Kier alpha value is -2.02. The van der Waals surface area contributed by atoms with Crippen LogP contribution in [0.4, 0.5) is 4.79 Å². The molecule has 0 aromatic heterocycles. The van der Waals surface area contributed by atoms with Crippen molar-refractivity contribution in [3.05, 3.63) is 63.0 Å². The quantitative estimate of drug-likeness (QED) is 0.561. The van der Waals surface area contributed by atoms with E-state index in [-0.39, 0.29) is 23.9 Å². The van der Waals surface area contributed by atoms with Gasteiger partial charge in [0.1, 0.15) is 0 Å². The van der Waals surface area contributed by atoms with E-state index in [0.717, 1.165) is 16.7 Å². The molecule has 0 saturated carbocycles. The van der Waals surface area contributed by atoms with Crippen LogP contribution < -0.4 is 5.32 Å². The summed E-state index contributed by atoms with van der Waals surface area (Å²) in [6.45, 7) is 2.10. The van der Waals surface area contributed by atoms with Crippen LogP contribution in [0.5, 0.6) is 0 Å². The maximum Gasteiger partial charge on any atom is 0.293 e. The third kappa shape index (κ3) is 5.24. The number of thioether (sulfide) groups is 1. The van der Waals surface area contributed by atoms with Crippen LogP contribution in [0.3, 0.4) is 0 Å². The number of nitrogens with zero attached hydrogens (tertiary/aromatic N) is 1. The predicted octanol–water partition coefficient (Wildman–Crippen LogP) is 4.28. The summed E-state index contributed by atoms with van der Waals surface area (Å²) >= 11 is 12.9. The highest BCUT2D eigenvalue weighted by Gasteiger charge is 2.34. The van der Waals surface area contributed by atoms with Crippen molar-refractivity contribution in [2.75, 3.05) is 13.1 Å². The van der Waals surface area contributed by atoms with Crippen molar-refractivity contribution in [2.45, 2.75) is 6.92 Å². The van der Waals surface area contributed by atoms with Crippen LogP contribution in [0.25, 0.3) is 6.08 Å². The maximum atomic E-state index is 12.4. The van der Waals surface area contributed by atoms with Gasteiger partial charge in [-0.2, -0.15) is 0 Å². The van der Waals surface area contributed by atoms with Crippen LogP contribution >= 0.6 is 35.0 Å². The minimum absolute atomic E-state index is 0.0917. The van der Waals surface area contributed by atoms with E-state index in [2.05, 4.69) is 5.32 Å². The summed E-state index contributed by atoms with van der Waals surface area (Å²) < 4.78 is 0. The Morgan fingerprint density at radius 2 is 2.04 bits per heavy atom. The molecule has 8 heteroatoms. The number of hydrogen-bond acceptors (Lipinski definition) is 4. The Kier molecular flexibility index (Phi) is 7.50. The molecule has 1 aliphatic rings. The van der Waals surface area contributed by atoms with Gasteiger partial charge in [-0.3, -0.25) is 19.3 Å². The zero-order valence-electron chi connectivity index (χ0n) is 13.9. The summed E-state index contributed by atoms with van der Waals surface area (Å²) in [7, 11) is 0. The van der Waals surface area contributed by atoms with Crippen LogP contribution in [0.2, 0.25) is 10.0 Å². The largest absolute Gasteiger partial charge is 0.351 e. The van der Waals surface area contributed by atoms with Gasteiger partial charge in [0.15, 0.2) is 0 Å². The number of nitrogens with one attached hydrogen (secondary N) is 1. The van der Waals surface area contributed by atoms with E-state index in [9.17, 15) is 14.4 Å². The van der Waals surface area contributed by atoms with Crippen LogP contribution in [-0.2, 0) is 9.59 Å². The molecule has 0 aliphatic carbocycles. The number of carbonyl (C=O) groups excluding carboxylic acids is 3. The van der Waals surface area contributed by atoms with Gasteiger partial charge in [-0.1, -0.05) is 53.6 Å². The SMILES string of the molecule is CC=CC=CC(=O)NCCN1C(=O)SC(=Cc2cccc(Cl)c2Cl)C1=O. The predicted molar refractivity (Wildman–Crippen MR) is 106 cm³/mol. The Balaban J connectivity index is 1.99. The highest BCUT2D eigenvalue weighted by atomic mass is 35.5. The van der Waals surface area contributed by atoms with Crippen LogP contribution in [0, 0.1) is 0 Å². The molecule has 1 saturated heterocycles. The molecule has 26 heavy (non-hydrogen) atoms. The zero-order valence-corrected chi connectivity index (χ0v) is 16.2. The van der Waals surface area contributed by atoms with Crippen molar-refractivity contribution < 1.29 is 14.4 Å². The topological polar surface area (TPSA) is 66.5 Å². The molecular weight excluding hydrogens is 395 g/mol. The van der Waals surface area contributed by atoms with Gasteiger partial charge in [0.05, 0.1) is 15.0 Å². The van der Waals surface area contributed by atoms with E-state index >= 15 is 0 Å². The highest BCUT2D eigenvalue weighted by Crippen LogP contribution is 2.34. The molecule has 0 unspecified atom stereocenters. The number of benzene rings is 1. The fourth-order valence-electron chi connectivity index (χ4n) is 2.07. The van der Waals surface area contributed by atoms with E-state index in [1.54, 1.807) is 36.4 Å². The average Bonchev–Trinajstić information content (AvgIpc) is 2.86. The molecule has 1 aromatic rings. The standard InChI is InChI=1S/C18H16Cl2N2O3S/c1-2-3-4-8-15(23)21-9-10-22-17(24)14(26-18(22)25)11-12-6-5-7-13(19)16(12)20/h2-8,11H,9-10H2,1H3,(H,21,23). The monoisotopic (exact) mass is 410 g/mol. The van der Waals surface area contributed by atoms with Crippen molar-refractivity contribution in [2.24, 2.45) is 0 Å². The minimum Gasteiger partial charge on any atom is -0.351 e. The fourth-order valence-corrected chi connectivity index (χ4v) is 3.29. The third-order valence-corrected chi connectivity index (χ3v) is 5.07. The molecule has 5 nitrogen and oxygen atoms in total. The van der Waals surface area contributed by atoms with Crippen molar-refractivity contribution in [1.29, 1.82) is 0 Å². The lowest BCUT2D eigenvalue weighted by molar-refractivity contribution is -0.123. The van der Waals surface area contributed by atoms with E-state index in [4.69, 9.17) is 23.2 Å². The molecule has 0 spiro atoms. The number of halogens is 2. The molecule has 0 atom stereocenters. The third-order valence-electron chi connectivity index (χ3n) is 3.33. The normalized spacial score (nSPS) is 16.4. The van der Waals surface area contributed by atoms with Crippen molar-refractivity contribution in [3.8, 4) is 0 Å². The summed E-state index contributed by atoms with van der Waals surface area (Å²) in [5.41, 5.74) is 0.562. The number of hydrogen-bond donors (Lipinski definition) is 1. The van der Waals surface area contributed by atoms with Crippen LogP contribution in [0.1, 0.15) is 12.5 Å². The van der Waals surface area contributed by atoms with Gasteiger partial charge in [0, 0.05) is 19.2 Å². The molecule has 1 fully saturated rings. The van der Waals surface area contributed by atoms with E-state index in [1.165, 1.54) is 12.2 Å². The smallest absolute Gasteiger partial charge is 0.293 e. The number of carbonyl (C=O) groups is 3. The van der Waals surface area contributed by atoms with Gasteiger partial charge in [-0.25, -0.2) is 0 Å². The first-order chi connectivity index (χ1) is 12.4. The molecule has 1 heterocycles. The average molecular weight is 411 g/mol. The van der Waals surface area contributed by atoms with Gasteiger partial charge >= 0.3 is 0 Å². The van der Waals surface area contributed by atoms with E-state index in [0.29, 0.717) is 15.6 Å². The van der Waals surface area contributed by atoms with Gasteiger partial charge in [0.25, 0.3) is 11.1 Å². The van der Waals surface area contributed by atoms with Gasteiger partial charge in [0.2, 0.25) is 5.91 Å². The summed E-state index contributed by atoms with van der Waals surface area (Å²) in [5.74, 6) is -0.717. The van der Waals surface area contributed by atoms with E-state index in [1.807, 2.05) is 6.92 Å². The molecule has 1 aliphatic heterocycles. The molecular formula is C18H16Cl2N2O3S. The molecule has 1 N–H and O–H groups in total. The fraction of sp³-hybridized carbons (Fsp3) is 0.167. The molecule has 3 amide bonds. The molecule has 2 rings (SSSR count). The lowest BCUT2D eigenvalue weighted by Crippen LogP contribution is -2.36. The maximum absolute atomic E-state index is 12.4. The Morgan fingerprint density at radius 1 is 1.27 bits per heavy atom. The van der Waals surface area contributed by atoms with Gasteiger partial charge < -0.3 is 5.32 Å². The van der Waals surface area contributed by atoms with Gasteiger partial charge in [-0.15, -0.1) is 0 Å². The second-order valence-electron chi connectivity index (χ2n) is 5.15. The number of allylic oxidation sites excluding steroid dienone is 3. The summed E-state index contributed by atoms with van der Waals surface area (Å²) in [6, 6.07) is 5.06. The Bertz CT molecular complexity index is 819. The molecule has 0 bridgehead atoms. The first kappa shape index (κ1) is 20.3. The summed E-state index contributed by atoms with van der Waals surface area (Å²) in [5, 5.41) is 2.92. The summed E-state index contributed by atoms with van der Waals surface area (Å²) in [6.07, 6.45) is 8.03. The Labute approximate surface area is 165 Å². The highest BCUT2D eigenvalue weighted by molar-refractivity contribution is 8.18. The molecule has 0 radical (unpaired) electrons. The van der Waals surface area contributed by atoms with Crippen molar-refractivity contribution in [1.82, 2.24) is 10.2 Å². The first-order valence-corrected chi connectivity index (χ1v) is 9.28. The van der Waals surface area contributed by atoms with Crippen molar-refractivity contribution in [3.63, 3.8) is 0 Å². The lowest BCUT2D eigenvalue weighted by Gasteiger charge is -2.12. The lowest BCUT2D eigenvalue weighted by atomic mass is 10.2.